The van der Waals surface area contributed by atoms with E-state index in [4.69, 9.17) is 5.10 Å². The third-order valence-corrected chi connectivity index (χ3v) is 14.6. The van der Waals surface area contributed by atoms with Crippen LogP contribution in [-0.2, 0) is 36.3 Å². The van der Waals surface area contributed by atoms with Crippen LogP contribution in [0.4, 0.5) is 20.2 Å². The van der Waals surface area contributed by atoms with Crippen molar-refractivity contribution in [3.63, 3.8) is 0 Å². The molecule has 15 nitrogen and oxygen atoms in total. The fraction of sp³-hybridized carbons (Fsp3) is 0.385. The van der Waals surface area contributed by atoms with Crippen molar-refractivity contribution in [1.29, 1.82) is 0 Å². The van der Waals surface area contributed by atoms with Crippen molar-refractivity contribution in [2.45, 2.75) is 83.6 Å². The Kier molecular flexibility index (Phi) is 12.5. The lowest BCUT2D eigenvalue weighted by Gasteiger charge is -2.32. The molecule has 2 aromatic carbocycles. The van der Waals surface area contributed by atoms with Crippen LogP contribution in [0.1, 0.15) is 95.1 Å². The molecule has 0 spiro atoms. The number of anilines is 2. The van der Waals surface area contributed by atoms with Crippen molar-refractivity contribution < 1.29 is 23.2 Å². The highest BCUT2D eigenvalue weighted by molar-refractivity contribution is 6.01. The van der Waals surface area contributed by atoms with Gasteiger partial charge in [0.1, 0.15) is 23.3 Å². The third kappa shape index (κ3) is 9.08. The number of aryl methyl sites for hydroxylation is 2. The standard InChI is InChI=1S/C52H57F2N11O4/c1-31-23-35(24-43(54)49(31)34-12-18-62(19-13-34)32(2)46-28-41-45(9-15-56-50(41)60(46)4)64-20-14-36(55-3)27-48(64)67)52(69)63-21-22-65-39(30-63)25-38(59-65)29-61-16-10-33(11-17-61)40-6-5-37(26-42(40)53)57-44-7-8-47(66)58-51(44)68/h5-6,9,12,14-15,20,23-28,32-33,44,55,57H,7-8,10-11,13,16-19,21-22,29-30H2,1-4H3,(H,58,66,68)/t32-,44-/m0/s1. The minimum atomic E-state index is -0.571. The largest absolute Gasteiger partial charge is 0.388 e. The average molecular weight is 938 g/mol. The monoisotopic (exact) mass is 937 g/mol. The summed E-state index contributed by atoms with van der Waals surface area (Å²) in [5, 5.41) is 14.2. The van der Waals surface area contributed by atoms with Gasteiger partial charge in [-0.2, -0.15) is 5.10 Å². The molecule has 8 heterocycles. The average Bonchev–Trinajstić information content (AvgIpc) is 3.91. The van der Waals surface area contributed by atoms with Gasteiger partial charge in [-0.15, -0.1) is 0 Å². The van der Waals surface area contributed by atoms with E-state index in [2.05, 4.69) is 60.4 Å². The molecule has 0 bridgehead atoms. The molecule has 2 saturated heterocycles. The molecule has 4 aromatic heterocycles. The number of hydrogen-bond donors (Lipinski definition) is 3. The molecule has 4 aliphatic heterocycles. The van der Waals surface area contributed by atoms with Crippen molar-refractivity contribution in [1.82, 2.24) is 43.9 Å². The van der Waals surface area contributed by atoms with Gasteiger partial charge in [-0.05, 0) is 124 Å². The predicted molar refractivity (Wildman–Crippen MR) is 260 cm³/mol. The molecule has 0 unspecified atom stereocenters. The van der Waals surface area contributed by atoms with Gasteiger partial charge in [0, 0.05) is 105 Å². The van der Waals surface area contributed by atoms with Gasteiger partial charge in [-0.3, -0.25) is 43.5 Å². The first-order chi connectivity index (χ1) is 33.3. The second-order valence-electron chi connectivity index (χ2n) is 18.9. The highest BCUT2D eigenvalue weighted by Crippen LogP contribution is 2.36. The van der Waals surface area contributed by atoms with Crippen LogP contribution in [0, 0.1) is 18.6 Å². The number of likely N-dealkylation sites (tertiary alicyclic amines) is 1. The van der Waals surface area contributed by atoms with E-state index in [0.717, 1.165) is 76.6 Å². The van der Waals surface area contributed by atoms with Gasteiger partial charge in [0.05, 0.1) is 30.2 Å². The summed E-state index contributed by atoms with van der Waals surface area (Å²) in [6.45, 7) is 8.96. The van der Waals surface area contributed by atoms with Gasteiger partial charge in [0.2, 0.25) is 11.8 Å². The molecule has 3 N–H and O–H groups in total. The van der Waals surface area contributed by atoms with E-state index in [1.807, 2.05) is 36.9 Å². The van der Waals surface area contributed by atoms with Crippen LogP contribution in [-0.4, -0.2) is 102 Å². The number of nitrogens with one attached hydrogen (secondary N) is 3. The van der Waals surface area contributed by atoms with Crippen LogP contribution in [0.15, 0.2) is 83.9 Å². The zero-order valence-corrected chi connectivity index (χ0v) is 39.4. The maximum atomic E-state index is 16.2. The second kappa shape index (κ2) is 18.8. The molecular formula is C52H57F2N11O4. The van der Waals surface area contributed by atoms with E-state index in [1.54, 1.807) is 47.1 Å². The Morgan fingerprint density at radius 2 is 1.74 bits per heavy atom. The maximum absolute atomic E-state index is 16.2. The van der Waals surface area contributed by atoms with Gasteiger partial charge in [-0.1, -0.05) is 12.1 Å². The fourth-order valence-corrected chi connectivity index (χ4v) is 10.8. The number of pyridine rings is 2. The third-order valence-electron chi connectivity index (χ3n) is 14.6. The Bertz CT molecular complexity index is 3070. The van der Waals surface area contributed by atoms with E-state index >= 15 is 8.78 Å². The van der Waals surface area contributed by atoms with Crippen LogP contribution in [0.2, 0.25) is 0 Å². The van der Waals surface area contributed by atoms with Crippen LogP contribution >= 0.6 is 0 Å². The van der Waals surface area contributed by atoms with E-state index in [-0.39, 0.29) is 41.6 Å². The Labute approximate surface area is 398 Å². The first-order valence-electron chi connectivity index (χ1n) is 23.9. The summed E-state index contributed by atoms with van der Waals surface area (Å²) in [5.41, 5.74) is 8.80. The second-order valence-corrected chi connectivity index (χ2v) is 18.9. The van der Waals surface area contributed by atoms with E-state index in [9.17, 15) is 19.2 Å². The summed E-state index contributed by atoms with van der Waals surface area (Å²) in [4.78, 5) is 61.7. The van der Waals surface area contributed by atoms with Crippen LogP contribution in [0.5, 0.6) is 0 Å². The summed E-state index contributed by atoms with van der Waals surface area (Å²) in [7, 11) is 3.78. The molecule has 69 heavy (non-hydrogen) atoms. The number of hydrogen-bond acceptors (Lipinski definition) is 10. The molecule has 10 rings (SSSR count). The summed E-state index contributed by atoms with van der Waals surface area (Å²) in [6.07, 6.45) is 8.45. The molecule has 3 amide bonds. The number of amides is 3. The lowest BCUT2D eigenvalue weighted by atomic mass is 9.89. The van der Waals surface area contributed by atoms with E-state index in [1.165, 1.54) is 12.1 Å². The summed E-state index contributed by atoms with van der Waals surface area (Å²) >= 11 is 0. The molecule has 0 saturated carbocycles. The Hall–Kier alpha value is -6.98. The molecule has 358 valence electrons. The predicted octanol–water partition coefficient (Wildman–Crippen LogP) is 6.65. The van der Waals surface area contributed by atoms with Crippen molar-refractivity contribution >= 4 is 45.7 Å². The number of halogens is 2. The molecule has 0 radical (unpaired) electrons. The minimum absolute atomic E-state index is 0.0155. The highest BCUT2D eigenvalue weighted by atomic mass is 19.1. The van der Waals surface area contributed by atoms with E-state index in [0.29, 0.717) is 74.5 Å². The molecule has 4 aliphatic rings. The first-order valence-corrected chi connectivity index (χ1v) is 23.9. The number of carbonyl (C=O) groups excluding carboxylic acids is 3. The SMILES string of the molecule is CNc1ccn(-c2ccnc3c2cc([C@H](C)N2CC=C(c4c(C)cc(C(=O)N5CCn6nc(CN7CCC(c8ccc(N[C@H]9CCC(=O)NC9=O)cc8F)CC7)cc6C5)cc4F)CC2)n3C)c(=O)c1. The number of aromatic nitrogens is 5. The molecule has 17 heteroatoms. The summed E-state index contributed by atoms with van der Waals surface area (Å²) < 4.78 is 37.2. The zero-order valence-electron chi connectivity index (χ0n) is 39.4. The molecule has 2 fully saturated rings. The quantitative estimate of drug-likeness (QED) is 0.120. The van der Waals surface area contributed by atoms with Crippen LogP contribution in [0.25, 0.3) is 22.3 Å². The Morgan fingerprint density at radius 3 is 2.46 bits per heavy atom. The van der Waals surface area contributed by atoms with Gasteiger partial charge in [0.25, 0.3) is 11.5 Å². The molecule has 2 atom stereocenters. The van der Waals surface area contributed by atoms with Crippen molar-refractivity contribution in [2.24, 2.45) is 7.05 Å². The topological polar surface area (TPSA) is 155 Å². The highest BCUT2D eigenvalue weighted by Gasteiger charge is 2.30. The number of nitrogens with zero attached hydrogens (tertiary/aromatic N) is 8. The lowest BCUT2D eigenvalue weighted by molar-refractivity contribution is -0.133. The summed E-state index contributed by atoms with van der Waals surface area (Å²) in [6, 6.07) is 17.1. The van der Waals surface area contributed by atoms with Crippen LogP contribution in [0.3, 0.4) is 0 Å². The maximum Gasteiger partial charge on any atom is 0.257 e. The number of piperidine rings is 2. The number of rotatable bonds is 11. The van der Waals surface area contributed by atoms with Gasteiger partial charge >= 0.3 is 0 Å². The van der Waals surface area contributed by atoms with Gasteiger partial charge in [-0.25, -0.2) is 13.8 Å². The molecule has 6 aromatic rings. The number of imide groups is 1. The summed E-state index contributed by atoms with van der Waals surface area (Å²) in [5.74, 6) is -1.53. The smallest absolute Gasteiger partial charge is 0.257 e. The fourth-order valence-electron chi connectivity index (χ4n) is 10.8. The first kappa shape index (κ1) is 45.8. The van der Waals surface area contributed by atoms with Crippen LogP contribution < -0.4 is 21.5 Å². The zero-order chi connectivity index (χ0) is 48.1. The number of fused-ring (bicyclic) bond motifs is 2. The lowest BCUT2D eigenvalue weighted by Crippen LogP contribution is -2.47. The van der Waals surface area contributed by atoms with Crippen molar-refractivity contribution in [3.05, 3.63) is 140 Å². The van der Waals surface area contributed by atoms with Crippen molar-refractivity contribution in [2.75, 3.05) is 50.4 Å². The normalized spacial score (nSPS) is 18.8. The minimum Gasteiger partial charge on any atom is -0.388 e. The molecule has 0 aliphatic carbocycles. The molecular weight excluding hydrogens is 881 g/mol. The van der Waals surface area contributed by atoms with Crippen molar-refractivity contribution in [3.8, 4) is 5.69 Å². The number of carbonyl (C=O) groups is 3. The van der Waals surface area contributed by atoms with Gasteiger partial charge in [0.15, 0.2) is 0 Å². The van der Waals surface area contributed by atoms with Gasteiger partial charge < -0.3 is 20.1 Å². The van der Waals surface area contributed by atoms with E-state index < -0.39 is 17.8 Å². The number of benzene rings is 2. The Balaban J connectivity index is 0.741. The Morgan fingerprint density at radius 1 is 0.913 bits per heavy atom.